The van der Waals surface area contributed by atoms with Gasteiger partial charge in [0.05, 0.1) is 0 Å². The van der Waals surface area contributed by atoms with Crippen molar-refractivity contribution in [3.63, 3.8) is 0 Å². The number of hydrogen-bond acceptors (Lipinski definition) is 3. The van der Waals surface area contributed by atoms with Crippen LogP contribution >= 0.6 is 0 Å². The van der Waals surface area contributed by atoms with Crippen LogP contribution in [0.15, 0.2) is 10.2 Å². The van der Waals surface area contributed by atoms with Crippen molar-refractivity contribution in [2.75, 3.05) is 6.54 Å². The van der Waals surface area contributed by atoms with Crippen LogP contribution in [0.5, 0.6) is 0 Å². The number of nitrogens with zero attached hydrogens (tertiary/aromatic N) is 2. The van der Waals surface area contributed by atoms with Gasteiger partial charge >= 0.3 is 0 Å². The van der Waals surface area contributed by atoms with E-state index in [9.17, 15) is 8.78 Å². The summed E-state index contributed by atoms with van der Waals surface area (Å²) < 4.78 is 23.6. The molecule has 52 valence electrons. The molecule has 0 saturated carbocycles. The Balaban J connectivity index is 2.35. The Morgan fingerprint density at radius 1 is 1.44 bits per heavy atom. The molecule has 0 unspecified atom stereocenters. The second kappa shape index (κ2) is 1.98. The molecule has 0 bridgehead atoms. The van der Waals surface area contributed by atoms with E-state index in [0.29, 0.717) is 0 Å². The zero-order chi connectivity index (χ0) is 6.91. The first-order valence-electron chi connectivity index (χ1n) is 2.63. The van der Waals surface area contributed by atoms with E-state index in [1.165, 1.54) is 0 Å². The molecule has 0 aromatic carbocycles. The van der Waals surface area contributed by atoms with Crippen molar-refractivity contribution in [2.24, 2.45) is 16.0 Å². The Bertz CT molecular complexity index is 128. The Morgan fingerprint density at radius 2 is 2.00 bits per heavy atom. The lowest BCUT2D eigenvalue weighted by atomic mass is 10.2. The molecule has 0 radical (unpaired) electrons. The van der Waals surface area contributed by atoms with E-state index in [4.69, 9.17) is 5.73 Å². The first-order valence-corrected chi connectivity index (χ1v) is 2.63. The van der Waals surface area contributed by atoms with Crippen LogP contribution in [0.25, 0.3) is 0 Å². The summed E-state index contributed by atoms with van der Waals surface area (Å²) >= 11 is 0. The number of rotatable bonds is 3. The van der Waals surface area contributed by atoms with Crippen molar-refractivity contribution in [3.05, 3.63) is 0 Å². The van der Waals surface area contributed by atoms with Gasteiger partial charge in [0.1, 0.15) is 0 Å². The van der Waals surface area contributed by atoms with E-state index in [1.54, 1.807) is 0 Å². The number of nitrogens with two attached hydrogens (primary N) is 1. The molecule has 9 heavy (non-hydrogen) atoms. The molecule has 0 spiro atoms. The predicted octanol–water partition coefficient (Wildman–Crippen LogP) is 0.762. The quantitative estimate of drug-likeness (QED) is 0.610. The molecule has 1 aliphatic heterocycles. The smallest absolute Gasteiger partial charge is 0.286 e. The molecular formula is C4H7F2N3. The van der Waals surface area contributed by atoms with Gasteiger partial charge in [-0.3, -0.25) is 0 Å². The van der Waals surface area contributed by atoms with Crippen molar-refractivity contribution in [1.82, 2.24) is 0 Å². The highest BCUT2D eigenvalue weighted by Gasteiger charge is 2.48. The molecule has 0 amide bonds. The minimum absolute atomic E-state index is 0.157. The third kappa shape index (κ3) is 1.05. The summed E-state index contributed by atoms with van der Waals surface area (Å²) in [6.07, 6.45) is -2.33. The summed E-state index contributed by atoms with van der Waals surface area (Å²) in [4.78, 5) is 0. The fourth-order valence-electron chi connectivity index (χ4n) is 0.573. The minimum atomic E-state index is -2.49. The number of alkyl halides is 2. The Kier molecular flexibility index (Phi) is 1.44. The summed E-state index contributed by atoms with van der Waals surface area (Å²) in [6, 6.07) is 0. The number of hydrogen-bond donors (Lipinski definition) is 1. The summed E-state index contributed by atoms with van der Waals surface area (Å²) in [5, 5.41) is 6.44. The fraction of sp³-hybridized carbons (Fsp3) is 1.00. The third-order valence-electron chi connectivity index (χ3n) is 1.22. The van der Waals surface area contributed by atoms with Crippen LogP contribution in [-0.4, -0.2) is 18.6 Å². The van der Waals surface area contributed by atoms with Gasteiger partial charge in [0.25, 0.3) is 12.1 Å². The molecule has 1 rings (SSSR count). The van der Waals surface area contributed by atoms with Crippen molar-refractivity contribution in [2.45, 2.75) is 18.5 Å². The van der Waals surface area contributed by atoms with Crippen LogP contribution in [-0.2, 0) is 0 Å². The third-order valence-corrected chi connectivity index (χ3v) is 1.22. The molecule has 5 heteroatoms. The monoisotopic (exact) mass is 135 g/mol. The average molecular weight is 135 g/mol. The van der Waals surface area contributed by atoms with Crippen molar-refractivity contribution in [3.8, 4) is 0 Å². The summed E-state index contributed by atoms with van der Waals surface area (Å²) in [5.41, 5.74) is 3.63. The van der Waals surface area contributed by atoms with Crippen LogP contribution in [0, 0.1) is 0 Å². The van der Waals surface area contributed by atoms with E-state index < -0.39 is 12.1 Å². The van der Waals surface area contributed by atoms with Gasteiger partial charge in [0.15, 0.2) is 0 Å². The Morgan fingerprint density at radius 3 is 2.11 bits per heavy atom. The lowest BCUT2D eigenvalue weighted by Gasteiger charge is -2.05. The Labute approximate surface area is 50.9 Å². The highest BCUT2D eigenvalue weighted by molar-refractivity contribution is 4.95. The van der Waals surface area contributed by atoms with Gasteiger partial charge in [-0.05, 0) is 6.54 Å². The van der Waals surface area contributed by atoms with Crippen LogP contribution in [0.3, 0.4) is 0 Å². The van der Waals surface area contributed by atoms with E-state index in [1.807, 2.05) is 0 Å². The van der Waals surface area contributed by atoms with E-state index in [-0.39, 0.29) is 13.0 Å². The molecule has 1 aliphatic rings. The standard InChI is InChI=1S/C4H7F2N3/c5-3(6)4(1-2-7)8-9-4/h3H,1-2,7H2. The van der Waals surface area contributed by atoms with Gasteiger partial charge in [0.2, 0.25) is 0 Å². The average Bonchev–Trinajstić information content (AvgIpc) is 2.49. The van der Waals surface area contributed by atoms with Crippen LogP contribution < -0.4 is 5.73 Å². The van der Waals surface area contributed by atoms with Crippen molar-refractivity contribution < 1.29 is 8.78 Å². The molecule has 2 N–H and O–H groups in total. The van der Waals surface area contributed by atoms with E-state index in [2.05, 4.69) is 10.2 Å². The maximum absolute atomic E-state index is 11.8. The first kappa shape index (κ1) is 6.54. The minimum Gasteiger partial charge on any atom is -0.330 e. The van der Waals surface area contributed by atoms with E-state index in [0.717, 1.165) is 0 Å². The van der Waals surface area contributed by atoms with Gasteiger partial charge in [-0.1, -0.05) is 0 Å². The van der Waals surface area contributed by atoms with Crippen molar-refractivity contribution >= 4 is 0 Å². The van der Waals surface area contributed by atoms with Crippen molar-refractivity contribution in [1.29, 1.82) is 0 Å². The zero-order valence-electron chi connectivity index (χ0n) is 4.72. The van der Waals surface area contributed by atoms with Crippen LogP contribution in [0.2, 0.25) is 0 Å². The van der Waals surface area contributed by atoms with Gasteiger partial charge in [0, 0.05) is 6.42 Å². The maximum Gasteiger partial charge on any atom is 0.286 e. The second-order valence-corrected chi connectivity index (χ2v) is 1.92. The summed E-state index contributed by atoms with van der Waals surface area (Å²) in [6.45, 7) is 0.206. The lowest BCUT2D eigenvalue weighted by Crippen LogP contribution is -2.25. The first-order chi connectivity index (χ1) is 4.21. The van der Waals surface area contributed by atoms with Gasteiger partial charge in [-0.15, -0.1) is 0 Å². The Hall–Kier alpha value is -0.580. The molecular weight excluding hydrogens is 128 g/mol. The van der Waals surface area contributed by atoms with Gasteiger partial charge in [-0.2, -0.15) is 10.2 Å². The van der Waals surface area contributed by atoms with Gasteiger partial charge < -0.3 is 5.73 Å². The van der Waals surface area contributed by atoms with Gasteiger partial charge in [-0.25, -0.2) is 8.78 Å². The summed E-state index contributed by atoms with van der Waals surface area (Å²) in [5.74, 6) is 0. The highest BCUT2D eigenvalue weighted by Crippen LogP contribution is 2.37. The van der Waals surface area contributed by atoms with Crippen LogP contribution in [0.1, 0.15) is 6.42 Å². The molecule has 0 atom stereocenters. The normalized spacial score (nSPS) is 20.9. The summed E-state index contributed by atoms with van der Waals surface area (Å²) in [7, 11) is 0. The highest BCUT2D eigenvalue weighted by atomic mass is 19.3. The molecule has 0 aromatic heterocycles. The molecule has 0 aromatic rings. The maximum atomic E-state index is 11.8. The second-order valence-electron chi connectivity index (χ2n) is 1.92. The number of halogens is 2. The molecule has 1 heterocycles. The largest absolute Gasteiger partial charge is 0.330 e. The molecule has 0 saturated heterocycles. The van der Waals surface area contributed by atoms with E-state index >= 15 is 0 Å². The molecule has 0 fully saturated rings. The SMILES string of the molecule is NCCC1(C(F)F)N=N1. The molecule has 3 nitrogen and oxygen atoms in total. The predicted molar refractivity (Wildman–Crippen MR) is 27.3 cm³/mol. The van der Waals surface area contributed by atoms with Crippen LogP contribution in [0.4, 0.5) is 8.78 Å². The zero-order valence-corrected chi connectivity index (χ0v) is 4.72. The topological polar surface area (TPSA) is 50.7 Å². The molecule has 0 aliphatic carbocycles. The lowest BCUT2D eigenvalue weighted by molar-refractivity contribution is 0.0904. The fourth-order valence-corrected chi connectivity index (χ4v) is 0.573.